The van der Waals surface area contributed by atoms with Crippen molar-refractivity contribution in [2.45, 2.75) is 20.0 Å². The van der Waals surface area contributed by atoms with E-state index in [9.17, 15) is 14.4 Å². The highest BCUT2D eigenvalue weighted by molar-refractivity contribution is 5.97. The van der Waals surface area contributed by atoms with Crippen LogP contribution in [0.3, 0.4) is 0 Å². The fourth-order valence-electron chi connectivity index (χ4n) is 2.76. The third-order valence-electron chi connectivity index (χ3n) is 4.35. The lowest BCUT2D eigenvalue weighted by Crippen LogP contribution is -2.41. The fourth-order valence-corrected chi connectivity index (χ4v) is 2.76. The van der Waals surface area contributed by atoms with E-state index in [1.54, 1.807) is 24.3 Å². The first kappa shape index (κ1) is 22.7. The highest BCUT2D eigenvalue weighted by Crippen LogP contribution is 2.31. The highest BCUT2D eigenvalue weighted by Gasteiger charge is 2.26. The first-order valence-electron chi connectivity index (χ1n) is 9.30. The quantitative estimate of drug-likeness (QED) is 0.668. The van der Waals surface area contributed by atoms with Crippen LogP contribution in [0.25, 0.3) is 0 Å². The molecule has 0 spiro atoms. The van der Waals surface area contributed by atoms with E-state index in [0.717, 1.165) is 5.56 Å². The number of amides is 2. The molecular weight excluding hydrogens is 388 g/mol. The van der Waals surface area contributed by atoms with Crippen LogP contribution in [0.15, 0.2) is 42.5 Å². The van der Waals surface area contributed by atoms with Crippen LogP contribution in [0, 0.1) is 6.92 Å². The molecule has 0 aliphatic carbocycles. The average molecular weight is 414 g/mol. The van der Waals surface area contributed by atoms with Crippen LogP contribution >= 0.6 is 0 Å². The number of anilines is 1. The average Bonchev–Trinajstić information content (AvgIpc) is 2.73. The number of para-hydroxylation sites is 1. The van der Waals surface area contributed by atoms with Gasteiger partial charge in [-0.1, -0.05) is 23.8 Å². The van der Waals surface area contributed by atoms with Gasteiger partial charge in [-0.2, -0.15) is 0 Å². The van der Waals surface area contributed by atoms with Gasteiger partial charge in [-0.15, -0.1) is 0 Å². The minimum absolute atomic E-state index is 0.135. The molecule has 160 valence electrons. The van der Waals surface area contributed by atoms with Crippen LogP contribution in [0.4, 0.5) is 5.69 Å². The molecule has 2 aromatic carbocycles. The summed E-state index contributed by atoms with van der Waals surface area (Å²) >= 11 is 0. The Kier molecular flexibility index (Phi) is 7.80. The van der Waals surface area contributed by atoms with E-state index in [1.165, 1.54) is 39.2 Å². The van der Waals surface area contributed by atoms with Gasteiger partial charge in [0, 0.05) is 12.7 Å². The lowest BCUT2D eigenvalue weighted by molar-refractivity contribution is -0.140. The topological polar surface area (TPSA) is 94.2 Å². The third kappa shape index (κ3) is 5.73. The Morgan fingerprint density at radius 2 is 1.70 bits per heavy atom. The largest absolute Gasteiger partial charge is 0.493 e. The van der Waals surface area contributed by atoms with Crippen LogP contribution in [0.2, 0.25) is 0 Å². The van der Waals surface area contributed by atoms with Gasteiger partial charge in [-0.25, -0.2) is 4.79 Å². The van der Waals surface area contributed by atoms with Crippen LogP contribution < -0.4 is 14.8 Å². The summed E-state index contributed by atoms with van der Waals surface area (Å²) in [5.41, 5.74) is 1.84. The summed E-state index contributed by atoms with van der Waals surface area (Å²) in [6.07, 6.45) is -1.09. The maximum atomic E-state index is 12.5. The maximum Gasteiger partial charge on any atom is 0.342 e. The first-order valence-corrected chi connectivity index (χ1v) is 9.30. The SMILES string of the molecule is COc1cccc(C(=O)O[C@@H](C)C(=O)N(C)CC(=O)Nc2ccc(C)cc2)c1OC. The van der Waals surface area contributed by atoms with Crippen molar-refractivity contribution in [2.24, 2.45) is 0 Å². The van der Waals surface area contributed by atoms with Gasteiger partial charge >= 0.3 is 5.97 Å². The summed E-state index contributed by atoms with van der Waals surface area (Å²) in [6, 6.07) is 12.1. The number of esters is 1. The predicted octanol–water partition coefficient (Wildman–Crippen LogP) is 2.65. The molecule has 0 saturated heterocycles. The van der Waals surface area contributed by atoms with Crippen molar-refractivity contribution in [3.63, 3.8) is 0 Å². The van der Waals surface area contributed by atoms with Crippen LogP contribution in [-0.4, -0.2) is 56.6 Å². The van der Waals surface area contributed by atoms with Crippen LogP contribution in [-0.2, 0) is 14.3 Å². The number of hydrogen-bond donors (Lipinski definition) is 1. The Labute approximate surface area is 175 Å². The van der Waals surface area contributed by atoms with Gasteiger partial charge in [-0.05, 0) is 38.1 Å². The molecule has 0 unspecified atom stereocenters. The number of methoxy groups -OCH3 is 2. The number of nitrogens with zero attached hydrogens (tertiary/aromatic N) is 1. The van der Waals surface area contributed by atoms with Gasteiger partial charge in [-0.3, -0.25) is 9.59 Å². The van der Waals surface area contributed by atoms with Gasteiger partial charge < -0.3 is 24.4 Å². The van der Waals surface area contributed by atoms with Gasteiger partial charge in [0.1, 0.15) is 5.56 Å². The number of aryl methyl sites for hydroxylation is 1. The molecule has 8 nitrogen and oxygen atoms in total. The highest BCUT2D eigenvalue weighted by atomic mass is 16.6. The minimum atomic E-state index is -1.09. The normalized spacial score (nSPS) is 11.2. The third-order valence-corrected chi connectivity index (χ3v) is 4.35. The van der Waals surface area contributed by atoms with Gasteiger partial charge in [0.15, 0.2) is 17.6 Å². The van der Waals surface area contributed by atoms with Gasteiger partial charge in [0.2, 0.25) is 5.91 Å². The molecule has 8 heteroatoms. The Balaban J connectivity index is 1.97. The monoisotopic (exact) mass is 414 g/mol. The molecule has 0 aliphatic heterocycles. The molecule has 1 atom stereocenters. The number of rotatable bonds is 8. The Bertz CT molecular complexity index is 910. The van der Waals surface area contributed by atoms with Crippen molar-refractivity contribution in [2.75, 3.05) is 33.1 Å². The van der Waals surface area contributed by atoms with Crippen molar-refractivity contribution in [1.82, 2.24) is 4.90 Å². The first-order chi connectivity index (χ1) is 14.3. The molecule has 2 aromatic rings. The molecule has 0 bridgehead atoms. The summed E-state index contributed by atoms with van der Waals surface area (Å²) in [4.78, 5) is 38.4. The Morgan fingerprint density at radius 3 is 2.30 bits per heavy atom. The molecule has 0 aromatic heterocycles. The van der Waals surface area contributed by atoms with Gasteiger partial charge in [0.25, 0.3) is 5.91 Å². The van der Waals surface area contributed by atoms with E-state index < -0.39 is 18.0 Å². The number of likely N-dealkylation sites (N-methyl/N-ethyl adjacent to an activating group) is 1. The van der Waals surface area contributed by atoms with Crippen molar-refractivity contribution in [1.29, 1.82) is 0 Å². The molecule has 1 N–H and O–H groups in total. The summed E-state index contributed by atoms with van der Waals surface area (Å²) in [5, 5.41) is 2.72. The number of carbonyl (C=O) groups excluding carboxylic acids is 3. The van der Waals surface area contributed by atoms with Gasteiger partial charge in [0.05, 0.1) is 20.8 Å². The zero-order chi connectivity index (χ0) is 22.3. The van der Waals surface area contributed by atoms with Crippen molar-refractivity contribution in [3.05, 3.63) is 53.6 Å². The number of ether oxygens (including phenoxy) is 3. The number of hydrogen-bond acceptors (Lipinski definition) is 6. The van der Waals surface area contributed by atoms with Crippen molar-refractivity contribution < 1.29 is 28.6 Å². The molecule has 30 heavy (non-hydrogen) atoms. The zero-order valence-electron chi connectivity index (χ0n) is 17.7. The summed E-state index contributed by atoms with van der Waals surface area (Å²) in [7, 11) is 4.33. The molecule has 2 amide bonds. The zero-order valence-corrected chi connectivity index (χ0v) is 17.7. The maximum absolute atomic E-state index is 12.5. The van der Waals surface area contributed by atoms with Crippen LogP contribution in [0.5, 0.6) is 11.5 Å². The second kappa shape index (κ2) is 10.3. The van der Waals surface area contributed by atoms with Crippen molar-refractivity contribution >= 4 is 23.5 Å². The summed E-state index contributed by atoms with van der Waals surface area (Å²) in [5.74, 6) is -1.01. The van der Waals surface area contributed by atoms with Crippen molar-refractivity contribution in [3.8, 4) is 11.5 Å². The number of benzene rings is 2. The molecule has 0 heterocycles. The molecular formula is C22H26N2O6. The fraction of sp³-hybridized carbons (Fsp3) is 0.318. The van der Waals surface area contributed by atoms with Crippen LogP contribution in [0.1, 0.15) is 22.8 Å². The lowest BCUT2D eigenvalue weighted by Gasteiger charge is -2.21. The second-order valence-electron chi connectivity index (χ2n) is 6.70. The van der Waals surface area contributed by atoms with E-state index in [0.29, 0.717) is 11.4 Å². The van der Waals surface area contributed by atoms with E-state index in [2.05, 4.69) is 5.32 Å². The molecule has 2 rings (SSSR count). The Morgan fingerprint density at radius 1 is 1.03 bits per heavy atom. The molecule has 0 aliphatic rings. The van der Waals surface area contributed by atoms with E-state index >= 15 is 0 Å². The molecule has 0 radical (unpaired) electrons. The van der Waals surface area contributed by atoms with E-state index in [-0.39, 0.29) is 23.8 Å². The number of nitrogens with one attached hydrogen (secondary N) is 1. The molecule has 0 fully saturated rings. The Hall–Kier alpha value is -3.55. The lowest BCUT2D eigenvalue weighted by atomic mass is 10.2. The standard InChI is InChI=1S/C22H26N2O6/c1-14-9-11-16(12-10-14)23-19(25)13-24(3)21(26)15(2)30-22(27)17-7-6-8-18(28-4)20(17)29-5/h6-12,15H,13H2,1-5H3,(H,23,25)/t15-/m0/s1. The predicted molar refractivity (Wildman–Crippen MR) is 112 cm³/mol. The second-order valence-corrected chi connectivity index (χ2v) is 6.70. The molecule has 0 saturated carbocycles. The minimum Gasteiger partial charge on any atom is -0.493 e. The number of carbonyl (C=O) groups is 3. The van der Waals surface area contributed by atoms with E-state index in [4.69, 9.17) is 14.2 Å². The summed E-state index contributed by atoms with van der Waals surface area (Å²) in [6.45, 7) is 3.21. The van der Waals surface area contributed by atoms with E-state index in [1.807, 2.05) is 19.1 Å². The summed E-state index contributed by atoms with van der Waals surface area (Å²) < 4.78 is 15.7. The smallest absolute Gasteiger partial charge is 0.342 e.